The van der Waals surface area contributed by atoms with Crippen LogP contribution in [0.4, 0.5) is 0 Å². The van der Waals surface area contributed by atoms with Gasteiger partial charge in [-0.3, -0.25) is 0 Å². The molecule has 0 spiro atoms. The second kappa shape index (κ2) is 28.1. The van der Waals surface area contributed by atoms with Crippen LogP contribution >= 0.6 is 0 Å². The van der Waals surface area contributed by atoms with Crippen LogP contribution in [0.1, 0.15) is 183 Å². The van der Waals surface area contributed by atoms with Crippen LogP contribution in [-0.2, 0) is 28.4 Å². The van der Waals surface area contributed by atoms with E-state index in [4.69, 9.17) is 28.4 Å². The number of aliphatic hydroxyl groups is 8. The van der Waals surface area contributed by atoms with Crippen LogP contribution in [0.3, 0.4) is 0 Å². The van der Waals surface area contributed by atoms with Gasteiger partial charge in [-0.15, -0.1) is 0 Å². The Morgan fingerprint density at radius 2 is 0.697 bits per heavy atom. The second-order valence-electron chi connectivity index (χ2n) is 20.8. The Morgan fingerprint density at radius 3 is 0.985 bits per heavy atom. The lowest BCUT2D eigenvalue weighted by molar-refractivity contribution is -0.0858. The largest absolute Gasteiger partial charge is 0.393 e. The first-order valence-electron chi connectivity index (χ1n) is 26.3. The normalized spacial score (nSPS) is 36.0. The van der Waals surface area contributed by atoms with Crippen molar-refractivity contribution in [2.45, 2.75) is 305 Å². The fourth-order valence-electron chi connectivity index (χ4n) is 11.1. The molecule has 4 fully saturated rings. The zero-order valence-electron chi connectivity index (χ0n) is 41.3. The van der Waals surface area contributed by atoms with Crippen LogP contribution in [0.25, 0.3) is 0 Å². The molecule has 0 unspecified atom stereocenters. The highest BCUT2D eigenvalue weighted by Crippen LogP contribution is 2.34. The van der Waals surface area contributed by atoms with Gasteiger partial charge in [0.25, 0.3) is 0 Å². The maximum atomic E-state index is 10.6. The summed E-state index contributed by atoms with van der Waals surface area (Å²) in [7, 11) is 0. The smallest absolute Gasteiger partial charge is 0.0840 e. The minimum atomic E-state index is -0.645. The highest BCUT2D eigenvalue weighted by atomic mass is 16.5. The topological polar surface area (TPSA) is 217 Å². The standard InChI is InChI=1S/2C26H46O7/c2*1-4-5-6-21(28)25-11-12-26(33-25)23(30)9-8-22(29)24-10-7-20(32-24)15-19(27)14-18-13-16(2)31-17(18)3/h2*13,16-17,19-30H,4-12,14-15H2,1-3H3/t16-,17+,19-,20-,21-,22-,23+,24-,25+,26+;16-,17+,19-,20-,21-,22-,23-,24-,25+,26-/m00/s1. The van der Waals surface area contributed by atoms with Crippen molar-refractivity contribution in [3.8, 4) is 0 Å². The summed E-state index contributed by atoms with van der Waals surface area (Å²) in [4.78, 5) is 0. The van der Waals surface area contributed by atoms with E-state index in [1.807, 2.05) is 27.7 Å². The predicted molar refractivity (Wildman–Crippen MR) is 252 cm³/mol. The molecular weight excluding hydrogens is 849 g/mol. The monoisotopic (exact) mass is 941 g/mol. The Labute approximate surface area is 396 Å². The van der Waals surface area contributed by atoms with E-state index in [0.717, 1.165) is 101 Å². The first-order chi connectivity index (χ1) is 31.5. The van der Waals surface area contributed by atoms with E-state index in [2.05, 4.69) is 26.0 Å². The molecule has 384 valence electrons. The molecule has 0 saturated carbocycles. The lowest BCUT2D eigenvalue weighted by Gasteiger charge is -2.24. The number of hydrogen-bond donors (Lipinski definition) is 8. The van der Waals surface area contributed by atoms with Gasteiger partial charge >= 0.3 is 0 Å². The second-order valence-corrected chi connectivity index (χ2v) is 20.8. The summed E-state index contributed by atoms with van der Waals surface area (Å²) < 4.78 is 35.3. The number of aliphatic hydroxyl groups excluding tert-OH is 8. The molecule has 6 rings (SSSR count). The molecule has 0 aromatic rings. The van der Waals surface area contributed by atoms with Crippen molar-refractivity contribution in [2.24, 2.45) is 0 Å². The average molecular weight is 941 g/mol. The molecule has 0 radical (unpaired) electrons. The van der Waals surface area contributed by atoms with Crippen molar-refractivity contribution >= 4 is 0 Å². The van der Waals surface area contributed by atoms with Gasteiger partial charge in [0, 0.05) is 0 Å². The minimum absolute atomic E-state index is 0.0521. The van der Waals surface area contributed by atoms with Crippen LogP contribution in [-0.4, -0.2) is 163 Å². The summed E-state index contributed by atoms with van der Waals surface area (Å²) in [6.07, 6.45) is 14.3. The van der Waals surface area contributed by atoms with Gasteiger partial charge in [0.15, 0.2) is 0 Å². The SMILES string of the molecule is CCCC[C@H](O)[C@H]1CC[C@@H]([C@@H](O)CC[C@H](O)[C@@H]2CC[C@@H](C[C@@H](O)CC3=C[C@H](C)O[C@@H]3C)O2)O1.CCCC[C@H](O)[C@H]1CC[C@H]([C@H](O)CC[C@H](O)[C@@H]2CC[C@@H](C[C@@H](O)CC3=C[C@H](C)O[C@@H]3C)O2)O1. The zero-order chi connectivity index (χ0) is 47.9. The van der Waals surface area contributed by atoms with Gasteiger partial charge in [-0.05, 0) is 154 Å². The Morgan fingerprint density at radius 1 is 0.409 bits per heavy atom. The van der Waals surface area contributed by atoms with Crippen molar-refractivity contribution in [1.29, 1.82) is 0 Å². The van der Waals surface area contributed by atoms with E-state index in [0.29, 0.717) is 51.4 Å². The molecular formula is C52H92O14. The van der Waals surface area contributed by atoms with E-state index < -0.39 is 48.8 Å². The summed E-state index contributed by atoms with van der Waals surface area (Å²) in [6, 6.07) is 0. The first-order valence-corrected chi connectivity index (χ1v) is 26.3. The molecule has 14 heteroatoms. The molecule has 4 saturated heterocycles. The van der Waals surface area contributed by atoms with Gasteiger partial charge in [-0.1, -0.05) is 51.7 Å². The lowest BCUT2D eigenvalue weighted by atomic mass is 9.98. The molecule has 66 heavy (non-hydrogen) atoms. The third-order valence-corrected chi connectivity index (χ3v) is 15.0. The van der Waals surface area contributed by atoms with Crippen LogP contribution < -0.4 is 0 Å². The van der Waals surface area contributed by atoms with Crippen LogP contribution in [0, 0.1) is 0 Å². The molecule has 8 N–H and O–H groups in total. The fraction of sp³-hybridized carbons (Fsp3) is 0.923. The summed E-state index contributed by atoms with van der Waals surface area (Å²) in [6.45, 7) is 12.2. The number of rotatable bonds is 26. The Bertz CT molecular complexity index is 1330. The molecule has 6 heterocycles. The molecule has 0 aromatic carbocycles. The summed E-state index contributed by atoms with van der Waals surface area (Å²) in [5.74, 6) is 0. The highest BCUT2D eigenvalue weighted by Gasteiger charge is 2.39. The third-order valence-electron chi connectivity index (χ3n) is 15.0. The Kier molecular flexibility index (Phi) is 23.8. The molecule has 14 nitrogen and oxygen atoms in total. The Balaban J connectivity index is 0.000000247. The third kappa shape index (κ3) is 17.6. The minimum Gasteiger partial charge on any atom is -0.393 e. The molecule has 6 aliphatic heterocycles. The van der Waals surface area contributed by atoms with Crippen LogP contribution in [0.2, 0.25) is 0 Å². The van der Waals surface area contributed by atoms with Gasteiger partial charge in [0.05, 0.1) is 122 Å². The highest BCUT2D eigenvalue weighted by molar-refractivity contribution is 5.16. The van der Waals surface area contributed by atoms with E-state index in [-0.39, 0.29) is 73.2 Å². The van der Waals surface area contributed by atoms with Crippen molar-refractivity contribution in [2.75, 3.05) is 0 Å². The van der Waals surface area contributed by atoms with E-state index in [1.165, 1.54) is 0 Å². The number of unbranched alkanes of at least 4 members (excludes halogenated alkanes) is 2. The summed E-state index contributed by atoms with van der Waals surface area (Å²) >= 11 is 0. The summed E-state index contributed by atoms with van der Waals surface area (Å²) in [5, 5.41) is 83.8. The maximum absolute atomic E-state index is 10.6. The van der Waals surface area contributed by atoms with Gasteiger partial charge in [0.2, 0.25) is 0 Å². The van der Waals surface area contributed by atoms with Gasteiger partial charge in [0.1, 0.15) is 0 Å². The van der Waals surface area contributed by atoms with E-state index >= 15 is 0 Å². The quantitative estimate of drug-likeness (QED) is 0.0466. The van der Waals surface area contributed by atoms with Crippen molar-refractivity contribution in [3.05, 3.63) is 23.3 Å². The molecule has 6 aliphatic rings. The van der Waals surface area contributed by atoms with E-state index in [1.54, 1.807) is 0 Å². The fourth-order valence-corrected chi connectivity index (χ4v) is 11.1. The van der Waals surface area contributed by atoms with Crippen LogP contribution in [0.15, 0.2) is 23.3 Å². The number of hydrogen-bond acceptors (Lipinski definition) is 14. The van der Waals surface area contributed by atoms with Crippen LogP contribution in [0.5, 0.6) is 0 Å². The predicted octanol–water partition coefficient (Wildman–Crippen LogP) is 6.02. The summed E-state index contributed by atoms with van der Waals surface area (Å²) in [5.41, 5.74) is 2.29. The van der Waals surface area contributed by atoms with Crippen molar-refractivity contribution < 1.29 is 69.3 Å². The maximum Gasteiger partial charge on any atom is 0.0840 e. The van der Waals surface area contributed by atoms with Crippen molar-refractivity contribution in [3.63, 3.8) is 0 Å². The van der Waals surface area contributed by atoms with E-state index in [9.17, 15) is 40.9 Å². The number of ether oxygens (including phenoxy) is 6. The lowest BCUT2D eigenvalue weighted by Crippen LogP contribution is -2.33. The molecule has 0 bridgehead atoms. The average Bonchev–Trinajstić information content (AvgIpc) is 4.15. The van der Waals surface area contributed by atoms with Gasteiger partial charge < -0.3 is 69.3 Å². The molecule has 0 amide bonds. The zero-order valence-corrected chi connectivity index (χ0v) is 41.3. The van der Waals surface area contributed by atoms with Gasteiger partial charge in [-0.25, -0.2) is 0 Å². The molecule has 0 aliphatic carbocycles. The van der Waals surface area contributed by atoms with Gasteiger partial charge in [-0.2, -0.15) is 0 Å². The Hall–Kier alpha value is -1.08. The first kappa shape index (κ1) is 55.8. The van der Waals surface area contributed by atoms with Crippen molar-refractivity contribution in [1.82, 2.24) is 0 Å². The molecule has 0 aromatic heterocycles. The molecule has 20 atom stereocenters.